The summed E-state index contributed by atoms with van der Waals surface area (Å²) >= 11 is 0. The zero-order chi connectivity index (χ0) is 31.7. The van der Waals surface area contributed by atoms with Crippen molar-refractivity contribution in [2.24, 2.45) is 0 Å². The maximum Gasteiger partial charge on any atom is -0.0351 e. The largest absolute Gasteiger partial charge is 0.0885 e. The quantitative estimate of drug-likeness (QED) is 0.0477. The number of hydrogen-bond acceptors (Lipinski definition) is 0. The molecule has 0 atom stereocenters. The Kier molecular flexibility index (Phi) is 42.0. The molecule has 0 heteroatoms. The smallest absolute Gasteiger partial charge is 0.0351 e. The van der Waals surface area contributed by atoms with Crippen LogP contribution in [0.4, 0.5) is 0 Å². The van der Waals surface area contributed by atoms with Gasteiger partial charge in [0.05, 0.1) is 0 Å². The van der Waals surface area contributed by atoms with Crippen molar-refractivity contribution in [3.63, 3.8) is 0 Å². The molecule has 0 nitrogen and oxygen atoms in total. The van der Waals surface area contributed by atoms with Gasteiger partial charge in [0.15, 0.2) is 0 Å². The summed E-state index contributed by atoms with van der Waals surface area (Å²) in [4.78, 5) is 0. The second kappa shape index (κ2) is 42.5. The normalized spacial score (nSPS) is 12.0. The molecule has 0 aliphatic heterocycles. The Balaban J connectivity index is 3.09. The predicted molar refractivity (Wildman–Crippen MR) is 205 cm³/mol. The highest BCUT2D eigenvalue weighted by atomic mass is 14.0. The van der Waals surface area contributed by atoms with Gasteiger partial charge in [0.25, 0.3) is 0 Å². The summed E-state index contributed by atoms with van der Waals surface area (Å²) in [5, 5.41) is 0. The highest BCUT2D eigenvalue weighted by Gasteiger charge is 1.96. The van der Waals surface area contributed by atoms with Crippen molar-refractivity contribution in [2.75, 3.05) is 0 Å². The van der Waals surface area contributed by atoms with Crippen molar-refractivity contribution in [1.29, 1.82) is 0 Å². The van der Waals surface area contributed by atoms with E-state index in [2.05, 4.69) is 38.2 Å². The highest BCUT2D eigenvalue weighted by molar-refractivity contribution is 4.82. The average molecular weight is 615 g/mol. The summed E-state index contributed by atoms with van der Waals surface area (Å²) in [7, 11) is 0. The zero-order valence-corrected chi connectivity index (χ0v) is 31.2. The minimum Gasteiger partial charge on any atom is -0.0885 e. The first kappa shape index (κ1) is 43.5. The molecule has 0 rings (SSSR count). The first-order chi connectivity index (χ1) is 21.9. The van der Waals surface area contributed by atoms with E-state index >= 15 is 0 Å². The third kappa shape index (κ3) is 41.5. The molecule has 0 saturated carbocycles. The molecule has 0 aromatic carbocycles. The molecule has 0 aliphatic carbocycles. The van der Waals surface area contributed by atoms with E-state index in [0.29, 0.717) is 0 Å². The highest BCUT2D eigenvalue weighted by Crippen LogP contribution is 2.16. The van der Waals surface area contributed by atoms with Gasteiger partial charge in [-0.25, -0.2) is 0 Å². The van der Waals surface area contributed by atoms with Crippen LogP contribution in [0.5, 0.6) is 0 Å². The molecule has 0 saturated heterocycles. The molecular weight excluding hydrogens is 528 g/mol. The molecule has 0 fully saturated rings. The van der Waals surface area contributed by atoms with Crippen LogP contribution in [0, 0.1) is 0 Å². The van der Waals surface area contributed by atoms with Crippen LogP contribution >= 0.6 is 0 Å². The summed E-state index contributed by atoms with van der Waals surface area (Å²) in [6, 6.07) is 0. The Hall–Kier alpha value is -0.520. The fourth-order valence-electron chi connectivity index (χ4n) is 6.62. The van der Waals surface area contributed by atoms with Crippen LogP contribution in [0.15, 0.2) is 24.3 Å². The summed E-state index contributed by atoms with van der Waals surface area (Å²) < 4.78 is 0. The van der Waals surface area contributed by atoms with Crippen LogP contribution in [-0.2, 0) is 0 Å². The molecule has 0 unspecified atom stereocenters. The molecule has 44 heavy (non-hydrogen) atoms. The van der Waals surface area contributed by atoms with Gasteiger partial charge in [-0.15, -0.1) is 0 Å². The van der Waals surface area contributed by atoms with Crippen LogP contribution < -0.4 is 0 Å². The maximum absolute atomic E-state index is 2.45. The van der Waals surface area contributed by atoms with Gasteiger partial charge in [0.2, 0.25) is 0 Å². The minimum absolute atomic E-state index is 1.31. The minimum atomic E-state index is 1.31. The lowest BCUT2D eigenvalue weighted by atomic mass is 10.0. The van der Waals surface area contributed by atoms with Crippen molar-refractivity contribution in [3.05, 3.63) is 24.3 Å². The van der Waals surface area contributed by atoms with Gasteiger partial charge in [-0.1, -0.05) is 231 Å². The molecule has 0 N–H and O–H groups in total. The van der Waals surface area contributed by atoms with E-state index in [1.54, 1.807) is 0 Å². The first-order valence-corrected chi connectivity index (χ1v) is 21.2. The van der Waals surface area contributed by atoms with Crippen molar-refractivity contribution in [3.8, 4) is 0 Å². The Morgan fingerprint density at radius 3 is 0.477 bits per heavy atom. The molecular formula is C44H86. The van der Waals surface area contributed by atoms with E-state index in [0.717, 1.165) is 0 Å². The van der Waals surface area contributed by atoms with E-state index in [9.17, 15) is 0 Å². The molecule has 0 aliphatic rings. The van der Waals surface area contributed by atoms with Crippen molar-refractivity contribution >= 4 is 0 Å². The van der Waals surface area contributed by atoms with Gasteiger partial charge in [-0.2, -0.15) is 0 Å². The van der Waals surface area contributed by atoms with Gasteiger partial charge < -0.3 is 0 Å². The number of rotatable bonds is 39. The second-order valence-corrected chi connectivity index (χ2v) is 14.4. The molecule has 0 bridgehead atoms. The second-order valence-electron chi connectivity index (χ2n) is 14.4. The Labute approximate surface area is 281 Å². The fraction of sp³-hybridized carbons (Fsp3) is 0.909. The number of allylic oxidation sites excluding steroid dienone is 4. The molecule has 0 aromatic rings. The third-order valence-corrected chi connectivity index (χ3v) is 9.77. The lowest BCUT2D eigenvalue weighted by Crippen LogP contribution is -1.84. The van der Waals surface area contributed by atoms with Gasteiger partial charge in [-0.05, 0) is 51.4 Å². The molecule has 262 valence electrons. The Bertz CT molecular complexity index is 480. The molecule has 0 radical (unpaired) electrons. The maximum atomic E-state index is 2.45. The SMILES string of the molecule is CCCCCCCCC=CCCCCCCCCCCCCCCCCCCCCCCCC/C=C/CCCCCCCC. The van der Waals surface area contributed by atoms with Gasteiger partial charge in [0, 0.05) is 0 Å². The van der Waals surface area contributed by atoms with Crippen LogP contribution in [0.1, 0.15) is 258 Å². The molecule has 0 amide bonds. The van der Waals surface area contributed by atoms with Gasteiger partial charge in [0.1, 0.15) is 0 Å². The Morgan fingerprint density at radius 1 is 0.182 bits per heavy atom. The van der Waals surface area contributed by atoms with Gasteiger partial charge >= 0.3 is 0 Å². The molecule has 0 spiro atoms. The van der Waals surface area contributed by atoms with Crippen molar-refractivity contribution in [1.82, 2.24) is 0 Å². The molecule has 0 heterocycles. The van der Waals surface area contributed by atoms with Crippen LogP contribution in [0.3, 0.4) is 0 Å². The van der Waals surface area contributed by atoms with E-state index < -0.39 is 0 Å². The lowest BCUT2D eigenvalue weighted by molar-refractivity contribution is 0.518. The van der Waals surface area contributed by atoms with Gasteiger partial charge in [-0.3, -0.25) is 0 Å². The van der Waals surface area contributed by atoms with Crippen molar-refractivity contribution < 1.29 is 0 Å². The van der Waals surface area contributed by atoms with Crippen LogP contribution in [0.2, 0.25) is 0 Å². The lowest BCUT2D eigenvalue weighted by Gasteiger charge is -2.04. The van der Waals surface area contributed by atoms with E-state index in [1.807, 2.05) is 0 Å². The van der Waals surface area contributed by atoms with Crippen LogP contribution in [-0.4, -0.2) is 0 Å². The molecule has 0 aromatic heterocycles. The number of hydrogen-bond donors (Lipinski definition) is 0. The standard InChI is InChI=1S/C44H86/c1-3-5-7-9-11-13-15-17-19-21-23-25-27-29-31-33-35-37-39-41-43-44-42-40-38-36-34-32-30-28-26-24-22-20-18-16-14-12-10-8-6-4-2/h17-20H,3-16,21-44H2,1-2H3/b19-17+,20-18?. The zero-order valence-electron chi connectivity index (χ0n) is 31.2. The van der Waals surface area contributed by atoms with Crippen molar-refractivity contribution in [2.45, 2.75) is 258 Å². The van der Waals surface area contributed by atoms with E-state index in [-0.39, 0.29) is 0 Å². The monoisotopic (exact) mass is 615 g/mol. The summed E-state index contributed by atoms with van der Waals surface area (Å²) in [5.74, 6) is 0. The fourth-order valence-corrected chi connectivity index (χ4v) is 6.62. The number of unbranched alkanes of at least 4 members (excludes halogenated alkanes) is 35. The summed E-state index contributed by atoms with van der Waals surface area (Å²) in [5.41, 5.74) is 0. The third-order valence-electron chi connectivity index (χ3n) is 9.77. The Morgan fingerprint density at radius 2 is 0.318 bits per heavy atom. The van der Waals surface area contributed by atoms with Crippen LogP contribution in [0.25, 0.3) is 0 Å². The topological polar surface area (TPSA) is 0 Å². The first-order valence-electron chi connectivity index (χ1n) is 21.2. The van der Waals surface area contributed by atoms with E-state index in [4.69, 9.17) is 0 Å². The summed E-state index contributed by atoms with van der Waals surface area (Å²) in [6.07, 6.45) is 64.4. The average Bonchev–Trinajstić information content (AvgIpc) is 3.04. The summed E-state index contributed by atoms with van der Waals surface area (Å²) in [6.45, 7) is 4.60. The van der Waals surface area contributed by atoms with E-state index in [1.165, 1.54) is 244 Å². The predicted octanol–water partition coefficient (Wildman–Crippen LogP) is 17.0.